The zero-order valence-corrected chi connectivity index (χ0v) is 12.1. The van der Waals surface area contributed by atoms with E-state index in [0.717, 1.165) is 6.42 Å². The number of ether oxygens (including phenoxy) is 2. The molecular formula is C15H20N2O4. The summed E-state index contributed by atoms with van der Waals surface area (Å²) in [4.78, 5) is 25.1. The lowest BCUT2D eigenvalue weighted by atomic mass is 10.3. The van der Waals surface area contributed by atoms with Crippen LogP contribution in [0.15, 0.2) is 24.3 Å². The Morgan fingerprint density at radius 1 is 1.29 bits per heavy atom. The van der Waals surface area contributed by atoms with Crippen molar-refractivity contribution in [2.75, 3.05) is 32.8 Å². The number of benzene rings is 1. The Balaban J connectivity index is 1.92. The van der Waals surface area contributed by atoms with Crippen LogP contribution in [0.1, 0.15) is 13.3 Å². The number of rotatable bonds is 5. The van der Waals surface area contributed by atoms with Crippen molar-refractivity contribution in [2.45, 2.75) is 13.3 Å². The fourth-order valence-corrected chi connectivity index (χ4v) is 2.09. The summed E-state index contributed by atoms with van der Waals surface area (Å²) in [6.45, 7) is 3.58. The van der Waals surface area contributed by atoms with Gasteiger partial charge in [0.05, 0.1) is 13.2 Å². The van der Waals surface area contributed by atoms with Gasteiger partial charge in [-0.25, -0.2) is 0 Å². The summed E-state index contributed by atoms with van der Waals surface area (Å²) in [6.07, 6.45) is 0.757. The van der Waals surface area contributed by atoms with E-state index in [1.165, 1.54) is 4.90 Å². The van der Waals surface area contributed by atoms with Crippen LogP contribution in [0.25, 0.3) is 0 Å². The average Bonchev–Trinajstić information content (AvgIpc) is 2.71. The van der Waals surface area contributed by atoms with E-state index in [4.69, 9.17) is 9.47 Å². The number of carbonyl (C=O) groups is 2. The maximum Gasteiger partial charge on any atom is 0.260 e. The van der Waals surface area contributed by atoms with Crippen LogP contribution in [0.3, 0.4) is 0 Å². The molecule has 6 nitrogen and oxygen atoms in total. The van der Waals surface area contributed by atoms with Crippen molar-refractivity contribution in [3.8, 4) is 11.5 Å². The third-order valence-corrected chi connectivity index (χ3v) is 3.11. The summed E-state index contributed by atoms with van der Waals surface area (Å²) < 4.78 is 11.0. The molecule has 1 N–H and O–H groups in total. The summed E-state index contributed by atoms with van der Waals surface area (Å²) in [7, 11) is 0. The molecule has 2 amide bonds. The Morgan fingerprint density at radius 2 is 2.00 bits per heavy atom. The zero-order valence-electron chi connectivity index (χ0n) is 12.1. The minimum Gasteiger partial charge on any atom is -0.490 e. The molecule has 21 heavy (non-hydrogen) atoms. The first-order chi connectivity index (χ1) is 10.2. The van der Waals surface area contributed by atoms with Gasteiger partial charge in [0.1, 0.15) is 0 Å². The van der Waals surface area contributed by atoms with Gasteiger partial charge in [0.2, 0.25) is 5.91 Å². The molecular weight excluding hydrogens is 272 g/mol. The van der Waals surface area contributed by atoms with Gasteiger partial charge in [-0.05, 0) is 25.5 Å². The van der Waals surface area contributed by atoms with Crippen molar-refractivity contribution in [1.29, 1.82) is 0 Å². The summed E-state index contributed by atoms with van der Waals surface area (Å²) in [5.41, 5.74) is 0. The summed E-state index contributed by atoms with van der Waals surface area (Å²) in [5, 5.41) is 2.74. The zero-order chi connectivity index (χ0) is 15.1. The normalized spacial score (nSPS) is 15.1. The van der Waals surface area contributed by atoms with E-state index >= 15 is 0 Å². The van der Waals surface area contributed by atoms with Gasteiger partial charge in [-0.3, -0.25) is 9.59 Å². The largest absolute Gasteiger partial charge is 0.490 e. The van der Waals surface area contributed by atoms with Crippen LogP contribution in [-0.4, -0.2) is 49.6 Å². The molecule has 0 spiro atoms. The molecule has 1 saturated heterocycles. The van der Waals surface area contributed by atoms with E-state index in [0.29, 0.717) is 31.2 Å². The molecule has 6 heteroatoms. The van der Waals surface area contributed by atoms with Crippen LogP contribution in [0.2, 0.25) is 0 Å². The highest BCUT2D eigenvalue weighted by Gasteiger charge is 2.20. The maximum atomic E-state index is 12.1. The third kappa shape index (κ3) is 4.37. The Morgan fingerprint density at radius 3 is 2.71 bits per heavy atom. The van der Waals surface area contributed by atoms with Crippen molar-refractivity contribution >= 4 is 11.8 Å². The molecule has 0 radical (unpaired) electrons. The summed E-state index contributed by atoms with van der Waals surface area (Å²) >= 11 is 0. The van der Waals surface area contributed by atoms with Crippen molar-refractivity contribution in [3.05, 3.63) is 24.3 Å². The molecule has 0 aliphatic carbocycles. The number of amides is 2. The standard InChI is InChI=1S/C15H20N2O4/c1-2-20-12-6-3-4-7-13(12)21-11-15(19)17-9-5-8-16-14(18)10-17/h3-4,6-7H,2,5,8-11H2,1H3,(H,16,18). The smallest absolute Gasteiger partial charge is 0.260 e. The number of nitrogens with zero attached hydrogens (tertiary/aromatic N) is 1. The van der Waals surface area contributed by atoms with Crippen LogP contribution in [0, 0.1) is 0 Å². The van der Waals surface area contributed by atoms with Crippen LogP contribution in [0.4, 0.5) is 0 Å². The number of para-hydroxylation sites is 2. The Kier molecular flexibility index (Phi) is 5.43. The Hall–Kier alpha value is -2.24. The van der Waals surface area contributed by atoms with Crippen molar-refractivity contribution in [1.82, 2.24) is 10.2 Å². The van der Waals surface area contributed by atoms with Gasteiger partial charge in [-0.15, -0.1) is 0 Å². The molecule has 2 rings (SSSR count). The van der Waals surface area contributed by atoms with E-state index in [1.807, 2.05) is 19.1 Å². The molecule has 114 valence electrons. The highest BCUT2D eigenvalue weighted by Crippen LogP contribution is 2.26. The number of nitrogens with one attached hydrogen (secondary N) is 1. The molecule has 1 aliphatic rings. The molecule has 1 aliphatic heterocycles. The van der Waals surface area contributed by atoms with Gasteiger partial charge in [0.25, 0.3) is 5.91 Å². The van der Waals surface area contributed by atoms with E-state index in [-0.39, 0.29) is 25.0 Å². The minimum absolute atomic E-state index is 0.0926. The SMILES string of the molecule is CCOc1ccccc1OCC(=O)N1CCCNC(=O)C1. The van der Waals surface area contributed by atoms with Gasteiger partial charge < -0.3 is 19.7 Å². The average molecular weight is 292 g/mol. The monoisotopic (exact) mass is 292 g/mol. The maximum absolute atomic E-state index is 12.1. The van der Waals surface area contributed by atoms with Gasteiger partial charge in [-0.1, -0.05) is 12.1 Å². The lowest BCUT2D eigenvalue weighted by Crippen LogP contribution is -2.39. The Bertz CT molecular complexity index is 504. The molecule has 0 atom stereocenters. The van der Waals surface area contributed by atoms with Gasteiger partial charge in [0, 0.05) is 13.1 Å². The lowest BCUT2D eigenvalue weighted by Gasteiger charge is -2.19. The molecule has 1 aromatic rings. The first-order valence-corrected chi connectivity index (χ1v) is 7.10. The second kappa shape index (κ2) is 7.52. The molecule has 1 heterocycles. The van der Waals surface area contributed by atoms with Crippen LogP contribution < -0.4 is 14.8 Å². The number of hydrogen-bond acceptors (Lipinski definition) is 4. The third-order valence-electron chi connectivity index (χ3n) is 3.11. The van der Waals surface area contributed by atoms with Crippen molar-refractivity contribution in [3.63, 3.8) is 0 Å². The minimum atomic E-state index is -0.196. The molecule has 1 aromatic carbocycles. The summed E-state index contributed by atoms with van der Waals surface area (Å²) in [5.74, 6) is 0.822. The second-order valence-corrected chi connectivity index (χ2v) is 4.69. The molecule has 0 saturated carbocycles. The predicted molar refractivity (Wildman–Crippen MR) is 77.3 cm³/mol. The van der Waals surface area contributed by atoms with Gasteiger partial charge >= 0.3 is 0 Å². The highest BCUT2D eigenvalue weighted by molar-refractivity contribution is 5.85. The topological polar surface area (TPSA) is 67.9 Å². The van der Waals surface area contributed by atoms with E-state index in [2.05, 4.69) is 5.32 Å². The van der Waals surface area contributed by atoms with Gasteiger partial charge in [-0.2, -0.15) is 0 Å². The molecule has 0 bridgehead atoms. The van der Waals surface area contributed by atoms with Crippen molar-refractivity contribution in [2.24, 2.45) is 0 Å². The fourth-order valence-electron chi connectivity index (χ4n) is 2.09. The second-order valence-electron chi connectivity index (χ2n) is 4.69. The Labute approximate surface area is 124 Å². The highest BCUT2D eigenvalue weighted by atomic mass is 16.5. The van der Waals surface area contributed by atoms with E-state index < -0.39 is 0 Å². The lowest BCUT2D eigenvalue weighted by molar-refractivity contribution is -0.136. The van der Waals surface area contributed by atoms with Crippen molar-refractivity contribution < 1.29 is 19.1 Å². The first-order valence-electron chi connectivity index (χ1n) is 7.10. The quantitative estimate of drug-likeness (QED) is 0.872. The fraction of sp³-hybridized carbons (Fsp3) is 0.467. The van der Waals surface area contributed by atoms with Gasteiger partial charge in [0.15, 0.2) is 18.1 Å². The number of hydrogen-bond donors (Lipinski definition) is 1. The summed E-state index contributed by atoms with van der Waals surface area (Å²) in [6, 6.07) is 7.22. The molecule has 0 aromatic heterocycles. The number of carbonyl (C=O) groups excluding carboxylic acids is 2. The predicted octanol–water partition coefficient (Wildman–Crippen LogP) is 0.813. The van der Waals surface area contributed by atoms with Crippen LogP contribution >= 0.6 is 0 Å². The first kappa shape index (κ1) is 15.2. The van der Waals surface area contributed by atoms with Crippen LogP contribution in [-0.2, 0) is 9.59 Å². The van der Waals surface area contributed by atoms with E-state index in [1.54, 1.807) is 12.1 Å². The van der Waals surface area contributed by atoms with Crippen LogP contribution in [0.5, 0.6) is 11.5 Å². The molecule has 1 fully saturated rings. The molecule has 0 unspecified atom stereocenters. The van der Waals surface area contributed by atoms with E-state index in [9.17, 15) is 9.59 Å².